The van der Waals surface area contributed by atoms with Crippen molar-refractivity contribution in [2.24, 2.45) is 0 Å². The van der Waals surface area contributed by atoms with Crippen molar-refractivity contribution < 1.29 is 9.90 Å². The molecule has 0 atom stereocenters. The second-order valence-electron chi connectivity index (χ2n) is 5.47. The van der Waals surface area contributed by atoms with Crippen molar-refractivity contribution >= 4 is 27.5 Å². The molecule has 1 aromatic carbocycles. The topological polar surface area (TPSA) is 72.2 Å². The molecule has 0 bridgehead atoms. The molecule has 0 spiro atoms. The molecule has 3 aromatic rings. The van der Waals surface area contributed by atoms with Crippen LogP contribution in [0.25, 0.3) is 21.3 Å². The van der Waals surface area contributed by atoms with Gasteiger partial charge in [-0.25, -0.2) is 4.98 Å². The Labute approximate surface area is 136 Å². The van der Waals surface area contributed by atoms with Crippen LogP contribution in [0.4, 0.5) is 0 Å². The van der Waals surface area contributed by atoms with E-state index >= 15 is 0 Å². The molecule has 0 unspecified atom stereocenters. The summed E-state index contributed by atoms with van der Waals surface area (Å²) in [5.41, 5.74) is 2.85. The zero-order valence-corrected chi connectivity index (χ0v) is 13.7. The molecule has 118 valence electrons. The number of nitrogens with zero attached hydrogens (tertiary/aromatic N) is 2. The molecular weight excluding hydrogens is 312 g/mol. The molecule has 2 heterocycles. The van der Waals surface area contributed by atoms with Gasteiger partial charge >= 0.3 is 5.97 Å². The van der Waals surface area contributed by atoms with Crippen molar-refractivity contribution in [1.29, 1.82) is 0 Å². The molecule has 1 N–H and O–H groups in total. The fraction of sp³-hybridized carbons (Fsp3) is 0.235. The number of fused-ring (bicyclic) bond motifs is 1. The number of hydrogen-bond donors (Lipinski definition) is 1. The van der Waals surface area contributed by atoms with Crippen molar-refractivity contribution in [3.63, 3.8) is 0 Å². The lowest BCUT2D eigenvalue weighted by Crippen LogP contribution is -2.21. The van der Waals surface area contributed by atoms with Gasteiger partial charge in [-0.1, -0.05) is 29.8 Å². The van der Waals surface area contributed by atoms with Gasteiger partial charge in [-0.15, -0.1) is 11.3 Å². The van der Waals surface area contributed by atoms with E-state index in [1.165, 1.54) is 22.2 Å². The van der Waals surface area contributed by atoms with Gasteiger partial charge in [-0.2, -0.15) is 0 Å². The predicted molar refractivity (Wildman–Crippen MR) is 91.0 cm³/mol. The zero-order chi connectivity index (χ0) is 16.6. The van der Waals surface area contributed by atoms with Gasteiger partial charge in [0.2, 0.25) is 0 Å². The van der Waals surface area contributed by atoms with E-state index in [1.54, 1.807) is 0 Å². The van der Waals surface area contributed by atoms with Crippen LogP contribution >= 0.6 is 11.3 Å². The lowest BCUT2D eigenvalue weighted by atomic mass is 10.0. The quantitative estimate of drug-likeness (QED) is 0.798. The Morgan fingerprint density at radius 1 is 1.26 bits per heavy atom. The molecule has 0 aliphatic carbocycles. The maximum Gasteiger partial charge on any atom is 0.305 e. The molecule has 0 saturated heterocycles. The van der Waals surface area contributed by atoms with Crippen LogP contribution in [0, 0.1) is 13.8 Å². The highest BCUT2D eigenvalue weighted by molar-refractivity contribution is 7.19. The number of thiophene rings is 1. The Bertz CT molecular complexity index is 939. The first-order valence-corrected chi connectivity index (χ1v) is 8.06. The minimum absolute atomic E-state index is 0.101. The van der Waals surface area contributed by atoms with E-state index in [-0.39, 0.29) is 18.5 Å². The van der Waals surface area contributed by atoms with Gasteiger partial charge in [0.1, 0.15) is 4.83 Å². The van der Waals surface area contributed by atoms with E-state index in [4.69, 9.17) is 5.11 Å². The third-order valence-electron chi connectivity index (χ3n) is 3.76. The Kier molecular flexibility index (Phi) is 4.00. The number of benzene rings is 1. The largest absolute Gasteiger partial charge is 0.481 e. The van der Waals surface area contributed by atoms with Crippen molar-refractivity contribution in [1.82, 2.24) is 9.55 Å². The molecule has 2 aromatic heterocycles. The summed E-state index contributed by atoms with van der Waals surface area (Å²) in [6, 6.07) is 8.02. The first-order valence-electron chi connectivity index (χ1n) is 7.24. The number of carbonyl (C=O) groups is 1. The Morgan fingerprint density at radius 2 is 1.96 bits per heavy atom. The molecule has 5 nitrogen and oxygen atoms in total. The Hall–Kier alpha value is -2.47. The lowest BCUT2D eigenvalue weighted by Gasteiger charge is -2.05. The SMILES string of the molecule is Cc1ccc(-c2c(C)sc3ncn(CCC(=O)O)c(=O)c23)cc1. The summed E-state index contributed by atoms with van der Waals surface area (Å²) in [6.07, 6.45) is 1.33. The average molecular weight is 328 g/mol. The zero-order valence-electron chi connectivity index (χ0n) is 12.9. The molecule has 0 aliphatic rings. The van der Waals surface area contributed by atoms with Crippen LogP contribution in [0.15, 0.2) is 35.4 Å². The molecule has 0 saturated carbocycles. The minimum Gasteiger partial charge on any atom is -0.481 e. The standard InChI is InChI=1S/C17H16N2O3S/c1-10-3-5-12(6-4-10)14-11(2)23-16-15(14)17(22)19(9-18-16)8-7-13(20)21/h3-6,9H,7-8H2,1-2H3,(H,20,21). The van der Waals surface area contributed by atoms with E-state index in [9.17, 15) is 9.59 Å². The third-order valence-corrected chi connectivity index (χ3v) is 4.77. The van der Waals surface area contributed by atoms with Gasteiger partial charge in [0.25, 0.3) is 5.56 Å². The molecule has 0 fully saturated rings. The van der Waals surface area contributed by atoms with Gasteiger partial charge < -0.3 is 5.11 Å². The van der Waals surface area contributed by atoms with Crippen LogP contribution in [-0.2, 0) is 11.3 Å². The normalized spacial score (nSPS) is 11.0. The van der Waals surface area contributed by atoms with Crippen LogP contribution in [0.2, 0.25) is 0 Å². The fourth-order valence-corrected chi connectivity index (χ4v) is 3.58. The van der Waals surface area contributed by atoms with Gasteiger partial charge in [0.05, 0.1) is 18.1 Å². The molecule has 0 amide bonds. The Morgan fingerprint density at radius 3 is 2.61 bits per heavy atom. The summed E-state index contributed by atoms with van der Waals surface area (Å²) < 4.78 is 1.38. The van der Waals surface area contributed by atoms with Crippen molar-refractivity contribution in [3.05, 3.63) is 51.4 Å². The van der Waals surface area contributed by atoms with Crippen LogP contribution in [-0.4, -0.2) is 20.6 Å². The predicted octanol–water partition coefficient (Wildman–Crippen LogP) is 3.22. The summed E-state index contributed by atoms with van der Waals surface area (Å²) in [6.45, 7) is 4.12. The number of carboxylic acids is 1. The van der Waals surface area contributed by atoms with Crippen LogP contribution in [0.5, 0.6) is 0 Å². The van der Waals surface area contributed by atoms with Crippen molar-refractivity contribution in [2.45, 2.75) is 26.8 Å². The second-order valence-corrected chi connectivity index (χ2v) is 6.67. The molecule has 6 heteroatoms. The third kappa shape index (κ3) is 2.90. The fourth-order valence-electron chi connectivity index (χ4n) is 2.58. The number of carboxylic acid groups (broad SMARTS) is 1. The number of aliphatic carboxylic acids is 1. The van der Waals surface area contributed by atoms with E-state index in [0.717, 1.165) is 21.6 Å². The summed E-state index contributed by atoms with van der Waals surface area (Å²) in [5, 5.41) is 9.38. The average Bonchev–Trinajstić information content (AvgIpc) is 2.84. The minimum atomic E-state index is -0.933. The van der Waals surface area contributed by atoms with Crippen molar-refractivity contribution in [2.75, 3.05) is 0 Å². The lowest BCUT2D eigenvalue weighted by molar-refractivity contribution is -0.137. The number of hydrogen-bond acceptors (Lipinski definition) is 4. The van der Waals surface area contributed by atoms with E-state index in [0.29, 0.717) is 10.2 Å². The Balaban J connectivity index is 2.19. The highest BCUT2D eigenvalue weighted by Crippen LogP contribution is 2.35. The monoisotopic (exact) mass is 328 g/mol. The number of aromatic nitrogens is 2. The molecule has 3 rings (SSSR count). The summed E-state index contributed by atoms with van der Waals surface area (Å²) in [7, 11) is 0. The summed E-state index contributed by atoms with van der Waals surface area (Å²) >= 11 is 1.48. The molecule has 23 heavy (non-hydrogen) atoms. The highest BCUT2D eigenvalue weighted by atomic mass is 32.1. The first kappa shape index (κ1) is 15.4. The van der Waals surface area contributed by atoms with Crippen LogP contribution < -0.4 is 5.56 Å². The number of aryl methyl sites for hydroxylation is 3. The number of rotatable bonds is 4. The summed E-state index contributed by atoms with van der Waals surface area (Å²) in [4.78, 5) is 29.5. The molecular formula is C17H16N2O3S. The smallest absolute Gasteiger partial charge is 0.305 e. The van der Waals surface area contributed by atoms with E-state index in [1.807, 2.05) is 38.1 Å². The van der Waals surface area contributed by atoms with E-state index < -0.39 is 5.97 Å². The van der Waals surface area contributed by atoms with Gasteiger partial charge in [-0.3, -0.25) is 14.2 Å². The highest BCUT2D eigenvalue weighted by Gasteiger charge is 2.17. The first-order chi connectivity index (χ1) is 11.0. The summed E-state index contributed by atoms with van der Waals surface area (Å²) in [5.74, 6) is -0.933. The second kappa shape index (κ2) is 5.96. The van der Waals surface area contributed by atoms with Crippen LogP contribution in [0.1, 0.15) is 16.9 Å². The molecule has 0 aliphatic heterocycles. The molecule has 0 radical (unpaired) electrons. The maximum absolute atomic E-state index is 12.8. The van der Waals surface area contributed by atoms with E-state index in [2.05, 4.69) is 4.98 Å². The van der Waals surface area contributed by atoms with Gasteiger partial charge in [0.15, 0.2) is 0 Å². The maximum atomic E-state index is 12.8. The van der Waals surface area contributed by atoms with Gasteiger partial charge in [-0.05, 0) is 19.4 Å². The van der Waals surface area contributed by atoms with Crippen molar-refractivity contribution in [3.8, 4) is 11.1 Å². The van der Waals surface area contributed by atoms with Crippen LogP contribution in [0.3, 0.4) is 0 Å². The van der Waals surface area contributed by atoms with Gasteiger partial charge in [0, 0.05) is 17.0 Å².